The SMILES string of the molecule is CC/C=C(\NC/C(CC)=N\C)c1cc(OC)nc(NC(C)C)n1. The minimum absolute atomic E-state index is 0.250. The molecule has 23 heavy (non-hydrogen) atoms. The second-order valence-electron chi connectivity index (χ2n) is 5.44. The van der Waals surface area contributed by atoms with E-state index in [1.165, 1.54) is 0 Å². The molecule has 6 nitrogen and oxygen atoms in total. The van der Waals surface area contributed by atoms with Gasteiger partial charge in [0.2, 0.25) is 11.8 Å². The summed E-state index contributed by atoms with van der Waals surface area (Å²) in [7, 11) is 3.43. The Morgan fingerprint density at radius 2 is 2.09 bits per heavy atom. The summed E-state index contributed by atoms with van der Waals surface area (Å²) in [6.07, 6.45) is 3.95. The number of anilines is 1. The first-order valence-electron chi connectivity index (χ1n) is 8.12. The minimum atomic E-state index is 0.250. The highest BCUT2D eigenvalue weighted by Crippen LogP contribution is 2.18. The predicted molar refractivity (Wildman–Crippen MR) is 97.3 cm³/mol. The Balaban J connectivity index is 3.08. The molecule has 0 saturated heterocycles. The number of hydrogen-bond donors (Lipinski definition) is 2. The van der Waals surface area contributed by atoms with Crippen LogP contribution in [0.5, 0.6) is 5.88 Å². The maximum Gasteiger partial charge on any atom is 0.226 e. The third kappa shape index (κ3) is 6.26. The largest absolute Gasteiger partial charge is 0.481 e. The second kappa shape index (κ2) is 9.82. The summed E-state index contributed by atoms with van der Waals surface area (Å²) in [5, 5.41) is 6.65. The van der Waals surface area contributed by atoms with Gasteiger partial charge < -0.3 is 15.4 Å². The van der Waals surface area contributed by atoms with Gasteiger partial charge in [-0.05, 0) is 26.7 Å². The Morgan fingerprint density at radius 1 is 1.35 bits per heavy atom. The van der Waals surface area contributed by atoms with Crippen molar-refractivity contribution in [3.8, 4) is 5.88 Å². The van der Waals surface area contributed by atoms with E-state index >= 15 is 0 Å². The average molecular weight is 319 g/mol. The number of methoxy groups -OCH3 is 1. The summed E-state index contributed by atoms with van der Waals surface area (Å²) in [5.74, 6) is 1.11. The van der Waals surface area contributed by atoms with Crippen molar-refractivity contribution in [3.63, 3.8) is 0 Å². The Labute approximate surface area is 139 Å². The molecule has 0 aromatic carbocycles. The lowest BCUT2D eigenvalue weighted by Crippen LogP contribution is -2.22. The second-order valence-corrected chi connectivity index (χ2v) is 5.44. The van der Waals surface area contributed by atoms with Crippen LogP contribution in [0.2, 0.25) is 0 Å². The number of rotatable bonds is 9. The third-order valence-electron chi connectivity index (χ3n) is 3.22. The number of aliphatic imine (C=N–C) groups is 1. The molecule has 0 unspecified atom stereocenters. The van der Waals surface area contributed by atoms with E-state index in [4.69, 9.17) is 4.74 Å². The number of allylic oxidation sites excluding steroid dienone is 1. The minimum Gasteiger partial charge on any atom is -0.481 e. The van der Waals surface area contributed by atoms with Gasteiger partial charge in [-0.3, -0.25) is 4.99 Å². The standard InChI is InChI=1S/C17H29N5O/c1-7-9-14(19-11-13(8-2)18-5)15-10-16(23-6)22-17(21-15)20-12(3)4/h9-10,12,19H,7-8,11H2,1-6H3,(H,20,21,22)/b14-9-,18-13-. The first-order valence-corrected chi connectivity index (χ1v) is 8.12. The van der Waals surface area contributed by atoms with Gasteiger partial charge in [-0.2, -0.15) is 4.98 Å². The number of aromatic nitrogens is 2. The molecule has 128 valence electrons. The van der Waals surface area contributed by atoms with Gasteiger partial charge >= 0.3 is 0 Å². The van der Waals surface area contributed by atoms with E-state index < -0.39 is 0 Å². The fourth-order valence-electron chi connectivity index (χ4n) is 2.02. The summed E-state index contributed by atoms with van der Waals surface area (Å²) < 4.78 is 5.30. The topological polar surface area (TPSA) is 71.4 Å². The van der Waals surface area contributed by atoms with E-state index in [0.717, 1.165) is 29.9 Å². The van der Waals surface area contributed by atoms with Gasteiger partial charge in [0, 0.05) is 24.9 Å². The van der Waals surface area contributed by atoms with Crippen molar-refractivity contribution in [2.24, 2.45) is 4.99 Å². The molecule has 1 aromatic rings. The zero-order chi connectivity index (χ0) is 17.2. The zero-order valence-corrected chi connectivity index (χ0v) is 15.1. The molecule has 0 aliphatic carbocycles. The van der Waals surface area contributed by atoms with Crippen molar-refractivity contribution in [3.05, 3.63) is 17.8 Å². The van der Waals surface area contributed by atoms with Crippen LogP contribution in [0.15, 0.2) is 17.1 Å². The number of ether oxygens (including phenoxy) is 1. The van der Waals surface area contributed by atoms with Crippen LogP contribution in [0.4, 0.5) is 5.95 Å². The van der Waals surface area contributed by atoms with Crippen LogP contribution in [-0.2, 0) is 0 Å². The molecule has 0 radical (unpaired) electrons. The molecule has 0 fully saturated rings. The molecule has 1 rings (SSSR count). The Bertz CT molecular complexity index is 552. The molecule has 0 aliphatic rings. The summed E-state index contributed by atoms with van der Waals surface area (Å²) in [4.78, 5) is 13.2. The molecule has 0 saturated carbocycles. The lowest BCUT2D eigenvalue weighted by molar-refractivity contribution is 0.397. The molecule has 0 atom stereocenters. The van der Waals surface area contributed by atoms with Crippen LogP contribution in [0.25, 0.3) is 5.70 Å². The van der Waals surface area contributed by atoms with Crippen LogP contribution in [0.3, 0.4) is 0 Å². The van der Waals surface area contributed by atoms with Crippen molar-refractivity contribution in [2.45, 2.75) is 46.6 Å². The average Bonchev–Trinajstić information content (AvgIpc) is 2.53. The van der Waals surface area contributed by atoms with Gasteiger partial charge in [0.05, 0.1) is 25.0 Å². The number of hydrogen-bond acceptors (Lipinski definition) is 6. The Hall–Kier alpha value is -2.11. The third-order valence-corrected chi connectivity index (χ3v) is 3.22. The van der Waals surface area contributed by atoms with E-state index in [2.05, 4.69) is 59.4 Å². The molecule has 0 spiro atoms. The summed E-state index contributed by atoms with van der Waals surface area (Å²) in [6.45, 7) is 9.01. The van der Waals surface area contributed by atoms with Crippen molar-refractivity contribution >= 4 is 17.4 Å². The fourth-order valence-corrected chi connectivity index (χ4v) is 2.02. The summed E-state index contributed by atoms with van der Waals surface area (Å²) in [5.41, 5.74) is 2.90. The van der Waals surface area contributed by atoms with E-state index in [0.29, 0.717) is 18.4 Å². The van der Waals surface area contributed by atoms with Crippen LogP contribution >= 0.6 is 0 Å². The van der Waals surface area contributed by atoms with Crippen molar-refractivity contribution in [1.29, 1.82) is 0 Å². The number of nitrogens with zero attached hydrogens (tertiary/aromatic N) is 3. The molecule has 0 aliphatic heterocycles. The molecule has 6 heteroatoms. The Kier molecular flexibility index (Phi) is 8.08. The highest BCUT2D eigenvalue weighted by molar-refractivity contribution is 5.87. The van der Waals surface area contributed by atoms with Gasteiger partial charge in [0.1, 0.15) is 0 Å². The van der Waals surface area contributed by atoms with E-state index in [-0.39, 0.29) is 6.04 Å². The molecule has 0 bridgehead atoms. The van der Waals surface area contributed by atoms with E-state index in [9.17, 15) is 0 Å². The lowest BCUT2D eigenvalue weighted by Gasteiger charge is -2.15. The van der Waals surface area contributed by atoms with Gasteiger partial charge in [-0.15, -0.1) is 0 Å². The van der Waals surface area contributed by atoms with Crippen LogP contribution in [0.1, 0.15) is 46.2 Å². The van der Waals surface area contributed by atoms with Gasteiger partial charge in [-0.1, -0.05) is 19.9 Å². The van der Waals surface area contributed by atoms with Crippen LogP contribution in [0, 0.1) is 0 Å². The summed E-state index contributed by atoms with van der Waals surface area (Å²) >= 11 is 0. The van der Waals surface area contributed by atoms with E-state index in [1.54, 1.807) is 7.11 Å². The maximum absolute atomic E-state index is 5.30. The fraction of sp³-hybridized carbons (Fsp3) is 0.588. The normalized spacial score (nSPS) is 12.5. The predicted octanol–water partition coefficient (Wildman–Crippen LogP) is 3.13. The molecular weight excluding hydrogens is 290 g/mol. The molecule has 1 heterocycles. The number of nitrogens with one attached hydrogen (secondary N) is 2. The Morgan fingerprint density at radius 3 is 2.61 bits per heavy atom. The van der Waals surface area contributed by atoms with Crippen LogP contribution in [-0.4, -0.2) is 42.4 Å². The quantitative estimate of drug-likeness (QED) is 0.684. The lowest BCUT2D eigenvalue weighted by atomic mass is 10.2. The van der Waals surface area contributed by atoms with Crippen molar-refractivity contribution in [1.82, 2.24) is 15.3 Å². The maximum atomic E-state index is 5.30. The van der Waals surface area contributed by atoms with Crippen molar-refractivity contribution in [2.75, 3.05) is 26.0 Å². The van der Waals surface area contributed by atoms with E-state index in [1.807, 2.05) is 13.1 Å². The monoisotopic (exact) mass is 319 g/mol. The summed E-state index contributed by atoms with van der Waals surface area (Å²) in [6, 6.07) is 2.09. The molecule has 1 aromatic heterocycles. The first kappa shape index (κ1) is 18.9. The molecule has 2 N–H and O–H groups in total. The molecule has 0 amide bonds. The first-order chi connectivity index (χ1) is 11.0. The highest BCUT2D eigenvalue weighted by Gasteiger charge is 2.10. The van der Waals surface area contributed by atoms with Gasteiger partial charge in [0.15, 0.2) is 0 Å². The zero-order valence-electron chi connectivity index (χ0n) is 15.1. The molecular formula is C17H29N5O. The van der Waals surface area contributed by atoms with Gasteiger partial charge in [-0.25, -0.2) is 4.98 Å². The smallest absolute Gasteiger partial charge is 0.226 e. The van der Waals surface area contributed by atoms with Gasteiger partial charge in [0.25, 0.3) is 0 Å². The highest BCUT2D eigenvalue weighted by atomic mass is 16.5. The van der Waals surface area contributed by atoms with Crippen LogP contribution < -0.4 is 15.4 Å². The van der Waals surface area contributed by atoms with Crippen molar-refractivity contribution < 1.29 is 4.74 Å².